The molecule has 0 fully saturated rings. The molecule has 0 bridgehead atoms. The van der Waals surface area contributed by atoms with Crippen molar-refractivity contribution in [2.24, 2.45) is 0 Å². The topological polar surface area (TPSA) is 65.4 Å². The van der Waals surface area contributed by atoms with Crippen LogP contribution in [0, 0.1) is 0 Å². The third-order valence-electron chi connectivity index (χ3n) is 4.11. The fourth-order valence-corrected chi connectivity index (χ4v) is 2.93. The van der Waals surface area contributed by atoms with Crippen LogP contribution in [0.15, 0.2) is 54.9 Å². The lowest BCUT2D eigenvalue weighted by atomic mass is 10.1. The van der Waals surface area contributed by atoms with Gasteiger partial charge in [-0.2, -0.15) is 5.10 Å². The van der Waals surface area contributed by atoms with Crippen LogP contribution in [0.3, 0.4) is 0 Å². The van der Waals surface area contributed by atoms with Crippen molar-refractivity contribution in [1.82, 2.24) is 15.1 Å². The molecule has 7 heteroatoms. The van der Waals surface area contributed by atoms with Gasteiger partial charge in [0.25, 0.3) is 5.91 Å². The Hall–Kier alpha value is -2.99. The van der Waals surface area contributed by atoms with Gasteiger partial charge in [-0.25, -0.2) is 0 Å². The van der Waals surface area contributed by atoms with E-state index in [2.05, 4.69) is 10.4 Å². The number of methoxy groups -OCH3 is 2. The minimum atomic E-state index is -0.217. The van der Waals surface area contributed by atoms with Crippen molar-refractivity contribution in [3.8, 4) is 11.5 Å². The van der Waals surface area contributed by atoms with E-state index in [0.29, 0.717) is 35.2 Å². The first-order chi connectivity index (χ1) is 13.1. The molecule has 0 aliphatic carbocycles. The molecule has 0 saturated heterocycles. The number of ether oxygens (including phenoxy) is 2. The zero-order valence-electron chi connectivity index (χ0n) is 15.1. The summed E-state index contributed by atoms with van der Waals surface area (Å²) in [7, 11) is 3.15. The summed E-state index contributed by atoms with van der Waals surface area (Å²) in [4.78, 5) is 12.4. The number of para-hydroxylation sites is 1. The number of hydrogen-bond acceptors (Lipinski definition) is 4. The number of carbonyl (C=O) groups excluding carboxylic acids is 1. The smallest absolute Gasteiger partial charge is 0.254 e. The Bertz CT molecular complexity index is 940. The van der Waals surface area contributed by atoms with Gasteiger partial charge in [0.2, 0.25) is 0 Å². The van der Waals surface area contributed by atoms with Gasteiger partial charge in [0.15, 0.2) is 11.5 Å². The number of benzene rings is 2. The summed E-state index contributed by atoms with van der Waals surface area (Å²) in [5.41, 5.74) is 2.24. The van der Waals surface area contributed by atoms with Crippen molar-refractivity contribution >= 4 is 17.5 Å². The quantitative estimate of drug-likeness (QED) is 0.675. The second-order valence-corrected chi connectivity index (χ2v) is 6.26. The Morgan fingerprint density at radius 3 is 2.63 bits per heavy atom. The first-order valence-electron chi connectivity index (χ1n) is 8.36. The lowest BCUT2D eigenvalue weighted by molar-refractivity contribution is 0.0950. The molecule has 2 aromatic carbocycles. The minimum Gasteiger partial charge on any atom is -0.493 e. The molecular formula is C20H20ClN3O3. The van der Waals surface area contributed by atoms with E-state index in [4.69, 9.17) is 21.1 Å². The number of amides is 1. The molecule has 1 N–H and O–H groups in total. The summed E-state index contributed by atoms with van der Waals surface area (Å²) in [5, 5.41) is 7.79. The number of carbonyl (C=O) groups is 1. The molecule has 0 aliphatic heterocycles. The van der Waals surface area contributed by atoms with Gasteiger partial charge in [-0.05, 0) is 17.7 Å². The van der Waals surface area contributed by atoms with Crippen LogP contribution < -0.4 is 14.8 Å². The molecule has 0 spiro atoms. The average molecular weight is 386 g/mol. The SMILES string of the molecule is COc1cccc(CNC(=O)c2cnn(Cc3ccccc3Cl)c2)c1OC. The Morgan fingerprint density at radius 1 is 1.11 bits per heavy atom. The summed E-state index contributed by atoms with van der Waals surface area (Å²) in [6.45, 7) is 0.811. The van der Waals surface area contributed by atoms with E-state index < -0.39 is 0 Å². The molecule has 0 atom stereocenters. The lowest BCUT2D eigenvalue weighted by Gasteiger charge is -2.12. The van der Waals surface area contributed by atoms with Crippen LogP contribution in [0.2, 0.25) is 5.02 Å². The van der Waals surface area contributed by atoms with E-state index in [0.717, 1.165) is 11.1 Å². The van der Waals surface area contributed by atoms with Crippen molar-refractivity contribution in [2.45, 2.75) is 13.1 Å². The number of halogens is 1. The Morgan fingerprint density at radius 2 is 1.89 bits per heavy atom. The van der Waals surface area contributed by atoms with Crippen molar-refractivity contribution < 1.29 is 14.3 Å². The predicted molar refractivity (Wildman–Crippen MR) is 103 cm³/mol. The van der Waals surface area contributed by atoms with Crippen molar-refractivity contribution in [1.29, 1.82) is 0 Å². The summed E-state index contributed by atoms with van der Waals surface area (Å²) >= 11 is 6.17. The Balaban J connectivity index is 1.66. The van der Waals surface area contributed by atoms with Gasteiger partial charge in [-0.3, -0.25) is 9.48 Å². The normalized spacial score (nSPS) is 10.5. The van der Waals surface area contributed by atoms with Crippen molar-refractivity contribution in [3.05, 3.63) is 76.6 Å². The van der Waals surface area contributed by atoms with Gasteiger partial charge < -0.3 is 14.8 Å². The maximum absolute atomic E-state index is 12.4. The van der Waals surface area contributed by atoms with Gasteiger partial charge in [0, 0.05) is 23.3 Å². The number of nitrogens with zero attached hydrogens (tertiary/aromatic N) is 2. The lowest BCUT2D eigenvalue weighted by Crippen LogP contribution is -2.22. The molecule has 0 aliphatic rings. The monoisotopic (exact) mass is 385 g/mol. The third-order valence-corrected chi connectivity index (χ3v) is 4.48. The van der Waals surface area contributed by atoms with E-state index in [1.54, 1.807) is 25.1 Å². The van der Waals surface area contributed by atoms with E-state index in [-0.39, 0.29) is 5.91 Å². The zero-order valence-corrected chi connectivity index (χ0v) is 15.9. The summed E-state index contributed by atoms with van der Waals surface area (Å²) in [6.07, 6.45) is 3.23. The largest absolute Gasteiger partial charge is 0.493 e. The van der Waals surface area contributed by atoms with Crippen LogP contribution >= 0.6 is 11.6 Å². The second kappa shape index (κ2) is 8.60. The van der Waals surface area contributed by atoms with Crippen molar-refractivity contribution in [2.75, 3.05) is 14.2 Å². The van der Waals surface area contributed by atoms with Crippen LogP contribution in [0.4, 0.5) is 0 Å². The summed E-state index contributed by atoms with van der Waals surface area (Å²) in [6, 6.07) is 13.1. The van der Waals surface area contributed by atoms with Gasteiger partial charge in [0.05, 0.1) is 32.5 Å². The fourth-order valence-electron chi connectivity index (χ4n) is 2.74. The molecule has 3 rings (SSSR count). The summed E-state index contributed by atoms with van der Waals surface area (Å²) < 4.78 is 12.3. The van der Waals surface area contributed by atoms with Crippen LogP contribution in [0.1, 0.15) is 21.5 Å². The highest BCUT2D eigenvalue weighted by Crippen LogP contribution is 2.30. The predicted octanol–water partition coefficient (Wildman–Crippen LogP) is 3.53. The highest BCUT2D eigenvalue weighted by atomic mass is 35.5. The number of aromatic nitrogens is 2. The molecular weight excluding hydrogens is 366 g/mol. The maximum atomic E-state index is 12.4. The second-order valence-electron chi connectivity index (χ2n) is 5.85. The van der Waals surface area contributed by atoms with Gasteiger partial charge in [-0.1, -0.05) is 41.9 Å². The molecule has 6 nitrogen and oxygen atoms in total. The average Bonchev–Trinajstić information content (AvgIpc) is 3.16. The fraction of sp³-hybridized carbons (Fsp3) is 0.200. The first-order valence-corrected chi connectivity index (χ1v) is 8.74. The van der Waals surface area contributed by atoms with Gasteiger partial charge >= 0.3 is 0 Å². The third kappa shape index (κ3) is 4.41. The van der Waals surface area contributed by atoms with Crippen LogP contribution in [-0.4, -0.2) is 29.9 Å². The molecule has 3 aromatic rings. The molecule has 1 heterocycles. The van der Waals surface area contributed by atoms with Gasteiger partial charge in [0.1, 0.15) is 0 Å². The number of rotatable bonds is 7. The van der Waals surface area contributed by atoms with E-state index in [1.165, 1.54) is 6.20 Å². The standard InChI is InChI=1S/C20H20ClN3O3/c1-26-18-9-5-7-14(19(18)27-2)10-22-20(25)16-11-23-24(13-16)12-15-6-3-4-8-17(15)21/h3-9,11,13H,10,12H2,1-2H3,(H,22,25). The highest BCUT2D eigenvalue weighted by Gasteiger charge is 2.13. The van der Waals surface area contributed by atoms with E-state index >= 15 is 0 Å². The van der Waals surface area contributed by atoms with Crippen LogP contribution in [0.25, 0.3) is 0 Å². The zero-order chi connectivity index (χ0) is 19.2. The molecule has 1 aromatic heterocycles. The molecule has 140 valence electrons. The van der Waals surface area contributed by atoms with Crippen LogP contribution in [0.5, 0.6) is 11.5 Å². The molecule has 0 radical (unpaired) electrons. The van der Waals surface area contributed by atoms with Crippen molar-refractivity contribution in [3.63, 3.8) is 0 Å². The Kier molecular flexibility index (Phi) is 5.98. The van der Waals surface area contributed by atoms with E-state index in [1.807, 2.05) is 42.5 Å². The highest BCUT2D eigenvalue weighted by molar-refractivity contribution is 6.31. The number of nitrogens with one attached hydrogen (secondary N) is 1. The minimum absolute atomic E-state index is 0.217. The molecule has 27 heavy (non-hydrogen) atoms. The van der Waals surface area contributed by atoms with Crippen LogP contribution in [-0.2, 0) is 13.1 Å². The molecule has 0 unspecified atom stereocenters. The maximum Gasteiger partial charge on any atom is 0.254 e. The van der Waals surface area contributed by atoms with E-state index in [9.17, 15) is 4.79 Å². The Labute approximate surface area is 162 Å². The molecule has 0 saturated carbocycles. The first kappa shape index (κ1) is 18.8. The van der Waals surface area contributed by atoms with Gasteiger partial charge in [-0.15, -0.1) is 0 Å². The summed E-state index contributed by atoms with van der Waals surface area (Å²) in [5.74, 6) is 1.01. The molecule has 1 amide bonds. The number of hydrogen-bond donors (Lipinski definition) is 1.